The normalized spacial score (nSPS) is 21.5. The van der Waals surface area contributed by atoms with E-state index in [9.17, 15) is 0 Å². The molecule has 218 valence electrons. The summed E-state index contributed by atoms with van der Waals surface area (Å²) in [5.41, 5.74) is 10.9. The molecule has 0 fully saturated rings. The van der Waals surface area contributed by atoms with Gasteiger partial charge in [-0.3, -0.25) is 0 Å². The summed E-state index contributed by atoms with van der Waals surface area (Å²) in [6.45, 7) is 23.0. The van der Waals surface area contributed by atoms with Gasteiger partial charge in [-0.15, -0.1) is 0 Å². The Bertz CT molecular complexity index is 1160. The molecular formula is C40H58. The van der Waals surface area contributed by atoms with Crippen molar-refractivity contribution in [2.24, 2.45) is 16.7 Å². The highest BCUT2D eigenvalue weighted by molar-refractivity contribution is 5.34. The number of allylic oxidation sites excluding steroid dienone is 16. The molecule has 1 unspecified atom stereocenters. The van der Waals surface area contributed by atoms with Crippen molar-refractivity contribution in [2.45, 2.75) is 127 Å². The summed E-state index contributed by atoms with van der Waals surface area (Å²) in [7, 11) is 0. The second kappa shape index (κ2) is 16.1. The third-order valence-electron chi connectivity index (χ3n) is 8.82. The Balaban J connectivity index is 1.80. The van der Waals surface area contributed by atoms with Crippen LogP contribution in [-0.4, -0.2) is 0 Å². The highest BCUT2D eigenvalue weighted by Crippen LogP contribution is 2.42. The molecule has 0 nitrogen and oxygen atoms in total. The minimum atomic E-state index is 0.303. The molecule has 0 heteroatoms. The molecule has 0 N–H and O–H groups in total. The topological polar surface area (TPSA) is 0 Å². The number of hydrogen-bond donors (Lipinski definition) is 0. The smallest absolute Gasteiger partial charge is 0.0153 e. The average molecular weight is 539 g/mol. The molecule has 0 radical (unpaired) electrons. The van der Waals surface area contributed by atoms with Gasteiger partial charge in [0.15, 0.2) is 0 Å². The van der Waals surface area contributed by atoms with Gasteiger partial charge in [-0.25, -0.2) is 0 Å². The van der Waals surface area contributed by atoms with Crippen LogP contribution in [0.3, 0.4) is 0 Å². The predicted molar refractivity (Wildman–Crippen MR) is 180 cm³/mol. The third kappa shape index (κ3) is 11.5. The maximum Gasteiger partial charge on any atom is 0.0153 e. The van der Waals surface area contributed by atoms with Crippen molar-refractivity contribution < 1.29 is 0 Å². The zero-order valence-electron chi connectivity index (χ0n) is 27.6. The highest BCUT2D eigenvalue weighted by Gasteiger charge is 2.27. The van der Waals surface area contributed by atoms with Gasteiger partial charge in [0.05, 0.1) is 0 Å². The van der Waals surface area contributed by atoms with Crippen molar-refractivity contribution >= 4 is 0 Å². The Morgan fingerprint density at radius 3 is 2.23 bits per heavy atom. The first-order chi connectivity index (χ1) is 18.8. The van der Waals surface area contributed by atoms with Crippen LogP contribution < -0.4 is 0 Å². The van der Waals surface area contributed by atoms with E-state index < -0.39 is 0 Å². The zero-order chi connectivity index (χ0) is 29.8. The lowest BCUT2D eigenvalue weighted by atomic mass is 9.71. The standard InChI is InChI=1S/C40H58/c1-31(19-13-21-33(3)25-27-37-35(5)23-15-29-39(37,7)8)17-11-12-18-32(2)20-14-22-34(4)26-28-38-36(6)24-16-30-40(38,9)10/h11-13,17-19,25-26,28,34H,15-16,21-24,27,29-30H2,1-10H3/b12-11+,19-13+,28-26+,31-17+,32-18+,33-25+. The Labute approximate surface area is 248 Å². The Kier molecular flexibility index (Phi) is 13.5. The molecular weight excluding hydrogens is 480 g/mol. The lowest BCUT2D eigenvalue weighted by Crippen LogP contribution is -2.20. The van der Waals surface area contributed by atoms with E-state index >= 15 is 0 Å². The Morgan fingerprint density at radius 2 is 1.55 bits per heavy atom. The molecule has 0 bridgehead atoms. The predicted octanol–water partition coefficient (Wildman–Crippen LogP) is 12.4. The molecule has 0 aromatic rings. The van der Waals surface area contributed by atoms with Crippen LogP contribution in [0.5, 0.6) is 0 Å². The summed E-state index contributed by atoms with van der Waals surface area (Å²) < 4.78 is 0. The molecule has 0 spiro atoms. The van der Waals surface area contributed by atoms with Gasteiger partial charge < -0.3 is 0 Å². The maximum absolute atomic E-state index is 3.38. The average Bonchev–Trinajstić information content (AvgIpc) is 2.85. The maximum atomic E-state index is 3.38. The molecule has 0 amide bonds. The van der Waals surface area contributed by atoms with Crippen molar-refractivity contribution in [3.63, 3.8) is 0 Å². The SMILES string of the molecule is CC1=C(/C=C/C(C)CC#C/C(C)=C/C=C/C=C(C)/C=C/C/C(C)=C/CC2=C(C)CCCC2(C)C)C(C)(C)CCC1. The van der Waals surface area contributed by atoms with E-state index in [2.05, 4.69) is 136 Å². The monoisotopic (exact) mass is 538 g/mol. The van der Waals surface area contributed by atoms with Crippen LogP contribution in [0.1, 0.15) is 127 Å². The lowest BCUT2D eigenvalue weighted by Gasteiger charge is -2.34. The minimum Gasteiger partial charge on any atom is -0.0976 e. The van der Waals surface area contributed by atoms with Crippen molar-refractivity contribution in [3.05, 3.63) is 93.7 Å². The van der Waals surface area contributed by atoms with E-state index in [0.717, 1.165) is 24.8 Å². The Hall–Kier alpha value is -2.52. The highest BCUT2D eigenvalue weighted by atomic mass is 14.3. The van der Waals surface area contributed by atoms with Crippen LogP contribution in [0.25, 0.3) is 0 Å². The summed E-state index contributed by atoms with van der Waals surface area (Å²) in [5.74, 6) is 7.16. The second-order valence-corrected chi connectivity index (χ2v) is 13.8. The van der Waals surface area contributed by atoms with Crippen molar-refractivity contribution in [1.82, 2.24) is 0 Å². The van der Waals surface area contributed by atoms with E-state index in [1.807, 2.05) is 0 Å². The number of hydrogen-bond acceptors (Lipinski definition) is 0. The second-order valence-electron chi connectivity index (χ2n) is 13.8. The van der Waals surface area contributed by atoms with Crippen LogP contribution in [0, 0.1) is 28.6 Å². The first kappa shape index (κ1) is 33.7. The zero-order valence-corrected chi connectivity index (χ0v) is 27.6. The van der Waals surface area contributed by atoms with Crippen molar-refractivity contribution in [3.8, 4) is 11.8 Å². The Morgan fingerprint density at radius 1 is 0.900 bits per heavy atom. The van der Waals surface area contributed by atoms with Gasteiger partial charge >= 0.3 is 0 Å². The molecule has 0 aromatic carbocycles. The van der Waals surface area contributed by atoms with Crippen LogP contribution in [0.4, 0.5) is 0 Å². The molecule has 0 saturated carbocycles. The summed E-state index contributed by atoms with van der Waals surface area (Å²) in [6, 6.07) is 0. The van der Waals surface area contributed by atoms with Gasteiger partial charge in [0.2, 0.25) is 0 Å². The fourth-order valence-corrected chi connectivity index (χ4v) is 6.11. The molecule has 40 heavy (non-hydrogen) atoms. The summed E-state index contributed by atoms with van der Waals surface area (Å²) in [6.07, 6.45) is 31.0. The first-order valence-electron chi connectivity index (χ1n) is 15.7. The van der Waals surface area contributed by atoms with E-state index in [4.69, 9.17) is 0 Å². The summed E-state index contributed by atoms with van der Waals surface area (Å²) in [4.78, 5) is 0. The molecule has 2 rings (SSSR count). The van der Waals surface area contributed by atoms with Gasteiger partial charge in [-0.2, -0.15) is 0 Å². The molecule has 0 aliphatic heterocycles. The fraction of sp³-hybridized carbons (Fsp3) is 0.550. The van der Waals surface area contributed by atoms with Gasteiger partial charge in [0.25, 0.3) is 0 Å². The third-order valence-corrected chi connectivity index (χ3v) is 8.82. The van der Waals surface area contributed by atoms with Gasteiger partial charge in [0.1, 0.15) is 0 Å². The van der Waals surface area contributed by atoms with E-state index in [0.29, 0.717) is 16.7 Å². The molecule has 0 aromatic heterocycles. The summed E-state index contributed by atoms with van der Waals surface area (Å²) in [5, 5.41) is 0. The molecule has 1 atom stereocenters. The van der Waals surface area contributed by atoms with E-state index in [1.54, 1.807) is 16.7 Å². The van der Waals surface area contributed by atoms with E-state index in [-0.39, 0.29) is 0 Å². The number of rotatable bonds is 10. The van der Waals surface area contributed by atoms with Crippen molar-refractivity contribution in [2.75, 3.05) is 0 Å². The molecule has 2 aliphatic carbocycles. The quantitative estimate of drug-likeness (QED) is 0.147. The van der Waals surface area contributed by atoms with Crippen molar-refractivity contribution in [1.29, 1.82) is 0 Å². The largest absolute Gasteiger partial charge is 0.0976 e. The van der Waals surface area contributed by atoms with Crippen LogP contribution >= 0.6 is 0 Å². The lowest BCUT2D eigenvalue weighted by molar-refractivity contribution is 0.360. The van der Waals surface area contributed by atoms with Gasteiger partial charge in [0, 0.05) is 6.42 Å². The van der Waals surface area contributed by atoms with Crippen LogP contribution in [0.2, 0.25) is 0 Å². The van der Waals surface area contributed by atoms with E-state index in [1.165, 1.54) is 55.2 Å². The summed E-state index contributed by atoms with van der Waals surface area (Å²) >= 11 is 0. The van der Waals surface area contributed by atoms with Crippen LogP contribution in [-0.2, 0) is 0 Å². The van der Waals surface area contributed by atoms with Gasteiger partial charge in [-0.1, -0.05) is 129 Å². The minimum absolute atomic E-state index is 0.303. The molecule has 0 saturated heterocycles. The van der Waals surface area contributed by atoms with Crippen LogP contribution in [0.15, 0.2) is 93.7 Å². The molecule has 2 aliphatic rings. The molecule has 0 heterocycles. The fourth-order valence-electron chi connectivity index (χ4n) is 6.11. The first-order valence-corrected chi connectivity index (χ1v) is 15.7. The van der Waals surface area contributed by atoms with Gasteiger partial charge in [-0.05, 0) is 114 Å².